The summed E-state index contributed by atoms with van der Waals surface area (Å²) in [4.78, 5) is 14.3. The largest absolute Gasteiger partial charge is 0.397 e. The molecule has 2 N–H and O–H groups in total. The molecule has 0 unspecified atom stereocenters. The second-order valence-electron chi connectivity index (χ2n) is 6.33. The average molecular weight is 244 g/mol. The zero-order chi connectivity index (χ0) is 13.1. The van der Waals surface area contributed by atoms with Crippen molar-refractivity contribution in [1.82, 2.24) is 0 Å². The smallest absolute Gasteiger partial charge is 0.230 e. The van der Waals surface area contributed by atoms with Crippen LogP contribution >= 0.6 is 0 Å². The Bertz CT molecular complexity index is 530. The summed E-state index contributed by atoms with van der Waals surface area (Å²) in [5.74, 6) is 0.504. The standard InChI is InChI=1S/C15H20N2O/c1-9-6-11-13(12(16)7-9)17(8-15(11,2)3)14(18)10-4-5-10/h6-7,10H,4-5,8,16H2,1-3H3. The fraction of sp³-hybridized carbons (Fsp3) is 0.533. The van der Waals surface area contributed by atoms with Gasteiger partial charge < -0.3 is 10.6 Å². The molecule has 3 nitrogen and oxygen atoms in total. The van der Waals surface area contributed by atoms with E-state index in [2.05, 4.69) is 26.8 Å². The van der Waals surface area contributed by atoms with Crippen LogP contribution in [-0.4, -0.2) is 12.5 Å². The third kappa shape index (κ3) is 1.61. The van der Waals surface area contributed by atoms with Crippen LogP contribution in [0.3, 0.4) is 0 Å². The van der Waals surface area contributed by atoms with Gasteiger partial charge in [-0.25, -0.2) is 0 Å². The zero-order valence-corrected chi connectivity index (χ0v) is 11.3. The van der Waals surface area contributed by atoms with Gasteiger partial charge in [-0.05, 0) is 37.0 Å². The molecule has 1 amide bonds. The average Bonchev–Trinajstić information content (AvgIpc) is 3.05. The van der Waals surface area contributed by atoms with E-state index >= 15 is 0 Å². The lowest BCUT2D eigenvalue weighted by atomic mass is 9.86. The number of rotatable bonds is 1. The van der Waals surface area contributed by atoms with E-state index in [1.54, 1.807) is 0 Å². The van der Waals surface area contributed by atoms with Crippen LogP contribution in [0.15, 0.2) is 12.1 Å². The van der Waals surface area contributed by atoms with E-state index in [4.69, 9.17) is 5.73 Å². The van der Waals surface area contributed by atoms with Crippen molar-refractivity contribution in [3.63, 3.8) is 0 Å². The summed E-state index contributed by atoms with van der Waals surface area (Å²) >= 11 is 0. The second kappa shape index (κ2) is 3.50. The van der Waals surface area contributed by atoms with E-state index in [9.17, 15) is 4.79 Å². The van der Waals surface area contributed by atoms with E-state index in [0.29, 0.717) is 0 Å². The van der Waals surface area contributed by atoms with Crippen molar-refractivity contribution in [3.8, 4) is 0 Å². The summed E-state index contributed by atoms with van der Waals surface area (Å²) in [7, 11) is 0. The number of carbonyl (C=O) groups excluding carboxylic acids is 1. The van der Waals surface area contributed by atoms with E-state index in [-0.39, 0.29) is 17.2 Å². The zero-order valence-electron chi connectivity index (χ0n) is 11.3. The molecular weight excluding hydrogens is 224 g/mol. The number of nitrogens with two attached hydrogens (primary N) is 1. The molecular formula is C15H20N2O. The number of carbonyl (C=O) groups is 1. The SMILES string of the molecule is Cc1cc(N)c2c(c1)C(C)(C)CN2C(=O)C1CC1. The van der Waals surface area contributed by atoms with Crippen molar-refractivity contribution in [2.45, 2.75) is 39.0 Å². The molecule has 2 aliphatic rings. The van der Waals surface area contributed by atoms with Gasteiger partial charge in [0.25, 0.3) is 0 Å². The number of amides is 1. The lowest BCUT2D eigenvalue weighted by Gasteiger charge is -2.21. The van der Waals surface area contributed by atoms with Gasteiger partial charge >= 0.3 is 0 Å². The van der Waals surface area contributed by atoms with Gasteiger partial charge in [0.1, 0.15) is 0 Å². The van der Waals surface area contributed by atoms with Crippen LogP contribution < -0.4 is 10.6 Å². The Labute approximate surface area is 108 Å². The summed E-state index contributed by atoms with van der Waals surface area (Å²) < 4.78 is 0. The molecule has 1 aromatic rings. The van der Waals surface area contributed by atoms with Gasteiger partial charge in [-0.3, -0.25) is 4.79 Å². The van der Waals surface area contributed by atoms with E-state index in [1.807, 2.05) is 11.0 Å². The molecule has 96 valence electrons. The summed E-state index contributed by atoms with van der Waals surface area (Å²) in [6.07, 6.45) is 2.08. The molecule has 0 atom stereocenters. The van der Waals surface area contributed by atoms with Gasteiger partial charge in [-0.15, -0.1) is 0 Å². The lowest BCUT2D eigenvalue weighted by Crippen LogP contribution is -2.35. The molecule has 18 heavy (non-hydrogen) atoms. The van der Waals surface area contributed by atoms with Crippen LogP contribution in [0.4, 0.5) is 11.4 Å². The lowest BCUT2D eigenvalue weighted by molar-refractivity contribution is -0.119. The maximum Gasteiger partial charge on any atom is 0.230 e. The van der Waals surface area contributed by atoms with Gasteiger partial charge in [0.15, 0.2) is 0 Å². The van der Waals surface area contributed by atoms with Gasteiger partial charge in [0, 0.05) is 17.9 Å². The normalized spacial score (nSPS) is 20.9. The van der Waals surface area contributed by atoms with Crippen molar-refractivity contribution in [1.29, 1.82) is 0 Å². The maximum atomic E-state index is 12.4. The molecule has 1 aliphatic heterocycles. The van der Waals surface area contributed by atoms with Crippen molar-refractivity contribution in [2.24, 2.45) is 5.92 Å². The molecule has 0 radical (unpaired) electrons. The fourth-order valence-electron chi connectivity index (χ4n) is 2.92. The number of aryl methyl sites for hydroxylation is 1. The first-order chi connectivity index (χ1) is 8.40. The number of benzene rings is 1. The van der Waals surface area contributed by atoms with Gasteiger partial charge in [0.2, 0.25) is 5.91 Å². The Morgan fingerprint density at radius 1 is 1.39 bits per heavy atom. The first-order valence-corrected chi connectivity index (χ1v) is 6.62. The number of hydrogen-bond acceptors (Lipinski definition) is 2. The Balaban J connectivity index is 2.11. The van der Waals surface area contributed by atoms with Crippen LogP contribution in [0.5, 0.6) is 0 Å². The molecule has 1 heterocycles. The highest BCUT2D eigenvalue weighted by Gasteiger charge is 2.43. The number of fused-ring (bicyclic) bond motifs is 1. The molecule has 1 aromatic carbocycles. The molecule has 1 saturated carbocycles. The van der Waals surface area contributed by atoms with Crippen molar-refractivity contribution in [3.05, 3.63) is 23.3 Å². The van der Waals surface area contributed by atoms with Crippen LogP contribution in [0.1, 0.15) is 37.8 Å². The number of hydrogen-bond donors (Lipinski definition) is 1. The van der Waals surface area contributed by atoms with E-state index in [1.165, 1.54) is 11.1 Å². The number of nitrogen functional groups attached to an aromatic ring is 1. The highest BCUT2D eigenvalue weighted by molar-refractivity contribution is 6.02. The third-order valence-corrected chi connectivity index (χ3v) is 4.03. The van der Waals surface area contributed by atoms with E-state index in [0.717, 1.165) is 30.8 Å². The fourth-order valence-corrected chi connectivity index (χ4v) is 2.92. The molecule has 0 saturated heterocycles. The van der Waals surface area contributed by atoms with E-state index < -0.39 is 0 Å². The van der Waals surface area contributed by atoms with Crippen LogP contribution in [0.2, 0.25) is 0 Å². The minimum Gasteiger partial charge on any atom is -0.397 e. The summed E-state index contributed by atoms with van der Waals surface area (Å²) in [5.41, 5.74) is 10.2. The molecule has 1 fully saturated rings. The van der Waals surface area contributed by atoms with Crippen LogP contribution in [0.25, 0.3) is 0 Å². The molecule has 3 heteroatoms. The summed E-state index contributed by atoms with van der Waals surface area (Å²) in [6.45, 7) is 7.18. The second-order valence-corrected chi connectivity index (χ2v) is 6.33. The Morgan fingerprint density at radius 2 is 2.06 bits per heavy atom. The predicted octanol–water partition coefficient (Wildman–Crippen LogP) is 2.61. The first kappa shape index (κ1) is 11.6. The topological polar surface area (TPSA) is 46.3 Å². The first-order valence-electron chi connectivity index (χ1n) is 6.62. The minimum atomic E-state index is 0.0000231. The van der Waals surface area contributed by atoms with Gasteiger partial charge in [-0.2, -0.15) is 0 Å². The molecule has 3 rings (SSSR count). The third-order valence-electron chi connectivity index (χ3n) is 4.03. The molecule has 0 aromatic heterocycles. The predicted molar refractivity (Wildman–Crippen MR) is 73.7 cm³/mol. The van der Waals surface area contributed by atoms with Gasteiger partial charge in [0.05, 0.1) is 11.4 Å². The number of nitrogens with zero attached hydrogens (tertiary/aromatic N) is 1. The minimum absolute atomic E-state index is 0.0000231. The summed E-state index contributed by atoms with van der Waals surface area (Å²) in [5, 5.41) is 0. The Hall–Kier alpha value is -1.51. The highest BCUT2D eigenvalue weighted by Crippen LogP contribution is 2.46. The quantitative estimate of drug-likeness (QED) is 0.772. The van der Waals surface area contributed by atoms with Crippen LogP contribution in [-0.2, 0) is 10.2 Å². The van der Waals surface area contributed by atoms with Crippen molar-refractivity contribution in [2.75, 3.05) is 17.2 Å². The Morgan fingerprint density at radius 3 is 2.67 bits per heavy atom. The molecule has 0 bridgehead atoms. The van der Waals surface area contributed by atoms with Crippen molar-refractivity contribution < 1.29 is 4.79 Å². The van der Waals surface area contributed by atoms with Crippen LogP contribution in [0, 0.1) is 12.8 Å². The number of anilines is 2. The Kier molecular flexibility index (Phi) is 2.25. The maximum absolute atomic E-state index is 12.4. The molecule has 1 aliphatic carbocycles. The highest BCUT2D eigenvalue weighted by atomic mass is 16.2. The van der Waals surface area contributed by atoms with Gasteiger partial charge in [-0.1, -0.05) is 19.9 Å². The summed E-state index contributed by atoms with van der Waals surface area (Å²) in [6, 6.07) is 4.14. The monoisotopic (exact) mass is 244 g/mol. The van der Waals surface area contributed by atoms with Crippen molar-refractivity contribution >= 4 is 17.3 Å². The molecule has 0 spiro atoms.